The molecule has 0 fully saturated rings. The number of hydrogen-bond donors (Lipinski definition) is 1. The zero-order valence-corrected chi connectivity index (χ0v) is 13.1. The molecule has 1 heterocycles. The van der Waals surface area contributed by atoms with E-state index >= 15 is 0 Å². The van der Waals surface area contributed by atoms with Gasteiger partial charge in [0.2, 0.25) is 0 Å². The fraction of sp³-hybridized carbons (Fsp3) is 0.389. The van der Waals surface area contributed by atoms with E-state index in [0.717, 1.165) is 30.7 Å². The molecule has 2 aromatic rings. The summed E-state index contributed by atoms with van der Waals surface area (Å²) in [5.41, 5.74) is 9.66. The average molecular weight is 284 g/mol. The van der Waals surface area contributed by atoms with Crippen LogP contribution in [0.25, 0.3) is 0 Å². The fourth-order valence-corrected chi connectivity index (χ4v) is 2.45. The molecule has 112 valence electrons. The summed E-state index contributed by atoms with van der Waals surface area (Å²) in [7, 11) is 1.67. The van der Waals surface area contributed by atoms with E-state index in [0.29, 0.717) is 0 Å². The van der Waals surface area contributed by atoms with Crippen LogP contribution in [0.3, 0.4) is 0 Å². The number of nitrogens with zero attached hydrogens (tertiary/aromatic N) is 1. The molecular weight excluding hydrogens is 260 g/mol. The van der Waals surface area contributed by atoms with Gasteiger partial charge in [-0.25, -0.2) is 0 Å². The molecular formula is C18H24N2O. The van der Waals surface area contributed by atoms with E-state index in [-0.39, 0.29) is 5.54 Å². The number of benzene rings is 1. The van der Waals surface area contributed by atoms with Crippen LogP contribution in [0, 0.1) is 0 Å². The quantitative estimate of drug-likeness (QED) is 0.886. The molecule has 3 heteroatoms. The summed E-state index contributed by atoms with van der Waals surface area (Å²) >= 11 is 0. The van der Waals surface area contributed by atoms with Gasteiger partial charge in [0.25, 0.3) is 0 Å². The molecule has 0 aliphatic carbocycles. The Morgan fingerprint density at radius 1 is 1.05 bits per heavy atom. The molecule has 0 amide bonds. The maximum Gasteiger partial charge on any atom is 0.118 e. The maximum absolute atomic E-state index is 6.45. The molecule has 0 bridgehead atoms. The summed E-state index contributed by atoms with van der Waals surface area (Å²) in [6.07, 6.45) is 4.54. The smallest absolute Gasteiger partial charge is 0.118 e. The second-order valence-corrected chi connectivity index (χ2v) is 5.87. The highest BCUT2D eigenvalue weighted by Crippen LogP contribution is 2.18. The van der Waals surface area contributed by atoms with Crippen molar-refractivity contribution in [2.75, 3.05) is 7.11 Å². The molecule has 1 aromatic heterocycles. The van der Waals surface area contributed by atoms with Gasteiger partial charge in [-0.05, 0) is 49.1 Å². The number of nitrogens with two attached hydrogens (primary N) is 1. The van der Waals surface area contributed by atoms with Gasteiger partial charge in [-0.15, -0.1) is 0 Å². The van der Waals surface area contributed by atoms with E-state index in [1.54, 1.807) is 7.11 Å². The van der Waals surface area contributed by atoms with Crippen LogP contribution in [0.15, 0.2) is 42.6 Å². The Morgan fingerprint density at radius 3 is 2.24 bits per heavy atom. The van der Waals surface area contributed by atoms with Crippen molar-refractivity contribution in [1.82, 2.24) is 4.98 Å². The third-order valence-electron chi connectivity index (χ3n) is 3.65. The number of ether oxygens (including phenoxy) is 1. The van der Waals surface area contributed by atoms with Gasteiger partial charge >= 0.3 is 0 Å². The summed E-state index contributed by atoms with van der Waals surface area (Å²) < 4.78 is 5.18. The average Bonchev–Trinajstić information content (AvgIpc) is 2.48. The molecule has 0 aliphatic heterocycles. The lowest BCUT2D eigenvalue weighted by molar-refractivity contribution is 0.414. The molecule has 0 saturated heterocycles. The highest BCUT2D eigenvalue weighted by atomic mass is 16.5. The van der Waals surface area contributed by atoms with Crippen LogP contribution in [-0.2, 0) is 19.3 Å². The topological polar surface area (TPSA) is 48.1 Å². The van der Waals surface area contributed by atoms with Crippen LogP contribution in [0.1, 0.15) is 30.7 Å². The molecule has 0 aliphatic rings. The zero-order chi connectivity index (χ0) is 15.3. The summed E-state index contributed by atoms with van der Waals surface area (Å²) in [6, 6.07) is 12.3. The second kappa shape index (κ2) is 6.72. The van der Waals surface area contributed by atoms with Crippen LogP contribution >= 0.6 is 0 Å². The van der Waals surface area contributed by atoms with Gasteiger partial charge in [0, 0.05) is 23.9 Å². The van der Waals surface area contributed by atoms with Crippen LogP contribution < -0.4 is 10.5 Å². The largest absolute Gasteiger partial charge is 0.497 e. The van der Waals surface area contributed by atoms with E-state index in [9.17, 15) is 0 Å². The molecule has 0 radical (unpaired) electrons. The van der Waals surface area contributed by atoms with Gasteiger partial charge in [-0.2, -0.15) is 0 Å². The zero-order valence-electron chi connectivity index (χ0n) is 13.1. The van der Waals surface area contributed by atoms with Crippen LogP contribution in [0.2, 0.25) is 0 Å². The predicted molar refractivity (Wildman–Crippen MR) is 86.6 cm³/mol. The first-order valence-electron chi connectivity index (χ1n) is 7.38. The first-order chi connectivity index (χ1) is 10.0. The van der Waals surface area contributed by atoms with E-state index in [1.165, 1.54) is 11.1 Å². The van der Waals surface area contributed by atoms with Crippen molar-refractivity contribution in [2.45, 2.75) is 38.6 Å². The minimum Gasteiger partial charge on any atom is -0.497 e. The molecule has 2 rings (SSSR count). The molecule has 0 spiro atoms. The van der Waals surface area contributed by atoms with Crippen molar-refractivity contribution >= 4 is 0 Å². The Morgan fingerprint density at radius 2 is 1.71 bits per heavy atom. The monoisotopic (exact) mass is 284 g/mol. The molecule has 1 atom stereocenters. The van der Waals surface area contributed by atoms with Crippen LogP contribution in [0.5, 0.6) is 5.75 Å². The summed E-state index contributed by atoms with van der Waals surface area (Å²) in [5.74, 6) is 0.870. The molecule has 21 heavy (non-hydrogen) atoms. The summed E-state index contributed by atoms with van der Waals surface area (Å²) in [4.78, 5) is 4.50. The lowest BCUT2D eigenvalue weighted by atomic mass is 9.89. The number of methoxy groups -OCH3 is 1. The Bertz CT molecular complexity index is 507. The van der Waals surface area contributed by atoms with Crippen molar-refractivity contribution in [3.63, 3.8) is 0 Å². The van der Waals surface area contributed by atoms with E-state index < -0.39 is 0 Å². The fourth-order valence-electron chi connectivity index (χ4n) is 2.45. The lowest BCUT2D eigenvalue weighted by Crippen LogP contribution is -2.41. The maximum atomic E-state index is 6.45. The standard InChI is InChI=1S/C18H24N2O/c1-4-14-5-8-16(20-13-14)12-18(2,19)11-15-6-9-17(21-3)10-7-15/h5-10,13H,4,11-12,19H2,1-3H3. The van der Waals surface area contributed by atoms with Crippen molar-refractivity contribution in [3.05, 3.63) is 59.4 Å². The van der Waals surface area contributed by atoms with Crippen LogP contribution in [0.4, 0.5) is 0 Å². The van der Waals surface area contributed by atoms with E-state index in [4.69, 9.17) is 10.5 Å². The minimum atomic E-state index is -0.310. The van der Waals surface area contributed by atoms with Gasteiger partial charge in [0.1, 0.15) is 5.75 Å². The first kappa shape index (κ1) is 15.5. The highest BCUT2D eigenvalue weighted by Gasteiger charge is 2.20. The van der Waals surface area contributed by atoms with E-state index in [2.05, 4.69) is 43.1 Å². The SMILES string of the molecule is CCc1ccc(CC(C)(N)Cc2ccc(OC)cc2)nc1. The molecule has 0 saturated carbocycles. The van der Waals surface area contributed by atoms with Gasteiger partial charge in [0.05, 0.1) is 7.11 Å². The van der Waals surface area contributed by atoms with Gasteiger partial charge in [-0.1, -0.05) is 25.1 Å². The number of rotatable bonds is 6. The lowest BCUT2D eigenvalue weighted by Gasteiger charge is -2.24. The normalized spacial score (nSPS) is 13.7. The molecule has 3 nitrogen and oxygen atoms in total. The molecule has 1 unspecified atom stereocenters. The Labute approximate surface area is 127 Å². The Balaban J connectivity index is 2.02. The highest BCUT2D eigenvalue weighted by molar-refractivity contribution is 5.28. The van der Waals surface area contributed by atoms with Crippen molar-refractivity contribution < 1.29 is 4.74 Å². The van der Waals surface area contributed by atoms with Crippen molar-refractivity contribution in [1.29, 1.82) is 0 Å². The molecule has 1 aromatic carbocycles. The summed E-state index contributed by atoms with van der Waals surface area (Å²) in [5, 5.41) is 0. The second-order valence-electron chi connectivity index (χ2n) is 5.87. The molecule has 2 N–H and O–H groups in total. The van der Waals surface area contributed by atoms with Crippen molar-refractivity contribution in [3.8, 4) is 5.75 Å². The predicted octanol–water partition coefficient (Wildman–Crippen LogP) is 3.16. The number of hydrogen-bond acceptors (Lipinski definition) is 3. The first-order valence-corrected chi connectivity index (χ1v) is 7.38. The third-order valence-corrected chi connectivity index (χ3v) is 3.65. The Kier molecular flexibility index (Phi) is 4.97. The third kappa shape index (κ3) is 4.57. The van der Waals surface area contributed by atoms with Gasteiger partial charge in [0.15, 0.2) is 0 Å². The Hall–Kier alpha value is -1.87. The van der Waals surface area contributed by atoms with E-state index in [1.807, 2.05) is 18.3 Å². The minimum absolute atomic E-state index is 0.310. The number of aromatic nitrogens is 1. The van der Waals surface area contributed by atoms with Gasteiger partial charge < -0.3 is 10.5 Å². The number of pyridine rings is 1. The van der Waals surface area contributed by atoms with Gasteiger partial charge in [-0.3, -0.25) is 4.98 Å². The van der Waals surface area contributed by atoms with Crippen molar-refractivity contribution in [2.24, 2.45) is 5.73 Å². The van der Waals surface area contributed by atoms with Crippen LogP contribution in [-0.4, -0.2) is 17.6 Å². The summed E-state index contributed by atoms with van der Waals surface area (Å²) in [6.45, 7) is 4.21. The number of aryl methyl sites for hydroxylation is 1.